The van der Waals surface area contributed by atoms with Crippen molar-refractivity contribution >= 4 is 5.78 Å². The maximum Gasteiger partial charge on any atom is 0.190 e. The lowest BCUT2D eigenvalue weighted by Gasteiger charge is -2.27. The van der Waals surface area contributed by atoms with Gasteiger partial charge in [-0.2, -0.15) is 0 Å². The second-order valence-electron chi connectivity index (χ2n) is 7.49. The molecule has 5 heteroatoms. The van der Waals surface area contributed by atoms with Crippen LogP contribution in [0.15, 0.2) is 38.0 Å². The second-order valence-corrected chi connectivity index (χ2v) is 7.49. The van der Waals surface area contributed by atoms with E-state index >= 15 is 0 Å². The third-order valence-electron chi connectivity index (χ3n) is 5.33. The molecule has 1 saturated carbocycles. The van der Waals surface area contributed by atoms with Crippen LogP contribution in [-0.4, -0.2) is 42.8 Å². The highest BCUT2D eigenvalue weighted by atomic mass is 16.8. The van der Waals surface area contributed by atoms with E-state index in [4.69, 9.17) is 18.9 Å². The molecular formula is C20H28O5. The quantitative estimate of drug-likeness (QED) is 0.662. The molecule has 3 fully saturated rings. The van der Waals surface area contributed by atoms with Crippen LogP contribution in [-0.2, 0) is 23.7 Å². The summed E-state index contributed by atoms with van der Waals surface area (Å²) in [5, 5.41) is 0. The zero-order chi connectivity index (χ0) is 18.2. The maximum atomic E-state index is 13.2. The van der Waals surface area contributed by atoms with Crippen LogP contribution < -0.4 is 0 Å². The molecule has 2 saturated heterocycles. The highest BCUT2D eigenvalue weighted by Crippen LogP contribution is 2.44. The molecule has 0 bridgehead atoms. The number of rotatable bonds is 7. The Balaban J connectivity index is 1.78. The summed E-state index contributed by atoms with van der Waals surface area (Å²) in [6.45, 7) is 15.4. The van der Waals surface area contributed by atoms with E-state index in [0.717, 1.165) is 12.8 Å². The van der Waals surface area contributed by atoms with Gasteiger partial charge in [-0.15, -0.1) is 19.7 Å². The molecule has 3 rings (SSSR count). The van der Waals surface area contributed by atoms with E-state index in [9.17, 15) is 4.79 Å². The molecule has 0 aromatic rings. The maximum absolute atomic E-state index is 13.2. The molecule has 0 aromatic heterocycles. The third-order valence-corrected chi connectivity index (χ3v) is 5.33. The SMILES string of the molecule is C=CCO[C@@H]1[C@H]2OC(C)(C)O[C@H]2O[C@@H]1C(=O)[C@@H]1C[C@H](C=C)C[C@@H]1C=C. The largest absolute Gasteiger partial charge is 0.368 e. The van der Waals surface area contributed by atoms with E-state index in [1.165, 1.54) is 0 Å². The first kappa shape index (κ1) is 18.5. The van der Waals surface area contributed by atoms with Gasteiger partial charge < -0.3 is 18.9 Å². The van der Waals surface area contributed by atoms with E-state index in [0.29, 0.717) is 12.5 Å². The summed E-state index contributed by atoms with van der Waals surface area (Å²) in [6, 6.07) is 0. The summed E-state index contributed by atoms with van der Waals surface area (Å²) in [5.41, 5.74) is 0. The van der Waals surface area contributed by atoms with Gasteiger partial charge in [-0.3, -0.25) is 4.79 Å². The molecule has 0 aromatic carbocycles. The highest BCUT2D eigenvalue weighted by molar-refractivity contribution is 5.87. The summed E-state index contributed by atoms with van der Waals surface area (Å²) >= 11 is 0. The van der Waals surface area contributed by atoms with Gasteiger partial charge in [-0.05, 0) is 38.5 Å². The number of hydrogen-bond acceptors (Lipinski definition) is 5. The predicted octanol–water partition coefficient (Wildman–Crippen LogP) is 3.02. The van der Waals surface area contributed by atoms with Crippen molar-refractivity contribution in [3.63, 3.8) is 0 Å². The predicted molar refractivity (Wildman–Crippen MR) is 93.7 cm³/mol. The number of ketones is 1. The van der Waals surface area contributed by atoms with Crippen LogP contribution in [0.2, 0.25) is 0 Å². The summed E-state index contributed by atoms with van der Waals surface area (Å²) in [4.78, 5) is 13.2. The van der Waals surface area contributed by atoms with Crippen LogP contribution in [0, 0.1) is 17.8 Å². The van der Waals surface area contributed by atoms with Gasteiger partial charge in [0.2, 0.25) is 0 Å². The van der Waals surface area contributed by atoms with Crippen LogP contribution in [0.3, 0.4) is 0 Å². The zero-order valence-electron chi connectivity index (χ0n) is 15.1. The lowest BCUT2D eigenvalue weighted by atomic mass is 9.87. The van der Waals surface area contributed by atoms with Gasteiger partial charge in [0.15, 0.2) is 17.9 Å². The molecule has 138 valence electrons. The minimum absolute atomic E-state index is 0.0442. The summed E-state index contributed by atoms with van der Waals surface area (Å²) in [5.74, 6) is -0.367. The molecular weight excluding hydrogens is 320 g/mol. The normalized spacial score (nSPS) is 42.1. The number of allylic oxidation sites excluding steroid dienone is 2. The highest BCUT2D eigenvalue weighted by Gasteiger charge is 2.58. The number of hydrogen-bond donors (Lipinski definition) is 0. The van der Waals surface area contributed by atoms with Gasteiger partial charge in [0.05, 0.1) is 6.61 Å². The Morgan fingerprint density at radius 1 is 1.20 bits per heavy atom. The van der Waals surface area contributed by atoms with E-state index in [2.05, 4.69) is 19.7 Å². The van der Waals surface area contributed by atoms with Crippen molar-refractivity contribution in [2.75, 3.05) is 6.61 Å². The standard InChI is InChI=1S/C20H28O5/c1-6-9-22-17-16(23-19-18(17)24-20(4,5)25-19)15(21)14-11-12(7-2)10-13(14)8-3/h6-8,12-14,16-19H,1-3,9-11H2,4-5H3/t12-,13+,14-,16-,17+,18-,19-/m1/s1. The lowest BCUT2D eigenvalue weighted by Crippen LogP contribution is -2.43. The van der Waals surface area contributed by atoms with Crippen molar-refractivity contribution in [3.8, 4) is 0 Å². The minimum Gasteiger partial charge on any atom is -0.368 e. The van der Waals surface area contributed by atoms with Crippen molar-refractivity contribution in [2.24, 2.45) is 17.8 Å². The van der Waals surface area contributed by atoms with Gasteiger partial charge >= 0.3 is 0 Å². The molecule has 0 N–H and O–H groups in total. The molecule has 0 spiro atoms. The fourth-order valence-corrected chi connectivity index (χ4v) is 4.17. The van der Waals surface area contributed by atoms with E-state index < -0.39 is 30.4 Å². The monoisotopic (exact) mass is 348 g/mol. The minimum atomic E-state index is -0.746. The molecule has 25 heavy (non-hydrogen) atoms. The third kappa shape index (κ3) is 3.51. The Labute approximate surface area is 149 Å². The molecule has 0 unspecified atom stereocenters. The second kappa shape index (κ2) is 7.16. The lowest BCUT2D eigenvalue weighted by molar-refractivity contribution is -0.218. The molecule has 3 aliphatic rings. The number of Topliss-reactive ketones (excluding diaryl/α,β-unsaturated/α-hetero) is 1. The van der Waals surface area contributed by atoms with E-state index in [1.54, 1.807) is 6.08 Å². The Morgan fingerprint density at radius 2 is 1.96 bits per heavy atom. The Morgan fingerprint density at radius 3 is 2.60 bits per heavy atom. The number of ether oxygens (including phenoxy) is 4. The molecule has 7 atom stereocenters. The summed E-state index contributed by atoms with van der Waals surface area (Å²) in [6.07, 6.45) is 4.95. The van der Waals surface area contributed by atoms with E-state index in [1.807, 2.05) is 26.0 Å². The average molecular weight is 348 g/mol. The van der Waals surface area contributed by atoms with Crippen molar-refractivity contribution in [3.05, 3.63) is 38.0 Å². The Hall–Kier alpha value is -1.27. The fraction of sp³-hybridized carbons (Fsp3) is 0.650. The number of fused-ring (bicyclic) bond motifs is 1. The molecule has 2 heterocycles. The summed E-state index contributed by atoms with van der Waals surface area (Å²) in [7, 11) is 0. The van der Waals surface area contributed by atoms with Crippen LogP contribution >= 0.6 is 0 Å². The van der Waals surface area contributed by atoms with Gasteiger partial charge in [0.1, 0.15) is 18.3 Å². The van der Waals surface area contributed by atoms with Crippen LogP contribution in [0.1, 0.15) is 26.7 Å². The van der Waals surface area contributed by atoms with Gasteiger partial charge in [-0.25, -0.2) is 0 Å². The smallest absolute Gasteiger partial charge is 0.190 e. The van der Waals surface area contributed by atoms with Crippen LogP contribution in [0.5, 0.6) is 0 Å². The topological polar surface area (TPSA) is 54.0 Å². The summed E-state index contributed by atoms with van der Waals surface area (Å²) < 4.78 is 23.5. The number of carbonyl (C=O) groups is 1. The Kier molecular flexibility index (Phi) is 5.30. The van der Waals surface area contributed by atoms with Crippen molar-refractivity contribution in [1.29, 1.82) is 0 Å². The van der Waals surface area contributed by atoms with E-state index in [-0.39, 0.29) is 17.6 Å². The van der Waals surface area contributed by atoms with Crippen molar-refractivity contribution < 1.29 is 23.7 Å². The molecule has 2 aliphatic heterocycles. The number of carbonyl (C=O) groups excluding carboxylic acids is 1. The van der Waals surface area contributed by atoms with Crippen LogP contribution in [0.25, 0.3) is 0 Å². The van der Waals surface area contributed by atoms with Crippen molar-refractivity contribution in [2.45, 2.75) is 57.1 Å². The first-order valence-electron chi connectivity index (χ1n) is 8.92. The van der Waals surface area contributed by atoms with Gasteiger partial charge in [-0.1, -0.05) is 18.2 Å². The Bertz CT molecular complexity index is 554. The molecule has 1 aliphatic carbocycles. The first-order valence-corrected chi connectivity index (χ1v) is 8.92. The molecule has 5 nitrogen and oxygen atoms in total. The fourth-order valence-electron chi connectivity index (χ4n) is 4.17. The van der Waals surface area contributed by atoms with Crippen molar-refractivity contribution in [1.82, 2.24) is 0 Å². The zero-order valence-corrected chi connectivity index (χ0v) is 15.1. The molecule has 0 amide bonds. The van der Waals surface area contributed by atoms with Crippen LogP contribution in [0.4, 0.5) is 0 Å². The van der Waals surface area contributed by atoms with Gasteiger partial charge in [0, 0.05) is 5.92 Å². The first-order chi connectivity index (χ1) is 11.9. The van der Waals surface area contributed by atoms with Gasteiger partial charge in [0.25, 0.3) is 0 Å². The molecule has 0 radical (unpaired) electrons. The average Bonchev–Trinajstić information content (AvgIpc) is 3.21.